The maximum Gasteiger partial charge on any atom is 0.256 e. The molecule has 1 atom stereocenters. The molecule has 0 spiro atoms. The van der Waals surface area contributed by atoms with E-state index in [2.05, 4.69) is 6.92 Å². The number of hydrogen-bond donors (Lipinski definition) is 0. The monoisotopic (exact) mass is 387 g/mol. The molecule has 27 heavy (non-hydrogen) atoms. The van der Waals surface area contributed by atoms with Crippen LogP contribution in [-0.4, -0.2) is 35.8 Å². The number of fused-ring (bicyclic) bond motifs is 1. The average Bonchev–Trinajstić information content (AvgIpc) is 2.56. The summed E-state index contributed by atoms with van der Waals surface area (Å²) in [6.45, 7) is 10.7. The van der Waals surface area contributed by atoms with Gasteiger partial charge in [-0.25, -0.2) is 0 Å². The summed E-state index contributed by atoms with van der Waals surface area (Å²) in [6.07, 6.45) is 2.42. The summed E-state index contributed by atoms with van der Waals surface area (Å²) in [6, 6.07) is 3.77. The Hall–Kier alpha value is -2.07. The van der Waals surface area contributed by atoms with Crippen LogP contribution in [0.15, 0.2) is 34.9 Å². The van der Waals surface area contributed by atoms with E-state index in [0.29, 0.717) is 35.8 Å². The number of ketones is 1. The van der Waals surface area contributed by atoms with Crippen LogP contribution in [0.1, 0.15) is 62.9 Å². The van der Waals surface area contributed by atoms with E-state index in [1.54, 1.807) is 4.90 Å². The summed E-state index contributed by atoms with van der Waals surface area (Å²) in [5.41, 5.74) is 4.16. The van der Waals surface area contributed by atoms with Crippen molar-refractivity contribution in [3.05, 3.63) is 51.1 Å². The first-order chi connectivity index (χ1) is 12.7. The van der Waals surface area contributed by atoms with Crippen molar-refractivity contribution in [2.75, 3.05) is 13.1 Å². The third kappa shape index (κ3) is 3.81. The van der Waals surface area contributed by atoms with Gasteiger partial charge in [0, 0.05) is 25.1 Å². The number of benzene rings is 1. The molecule has 0 saturated heterocycles. The summed E-state index contributed by atoms with van der Waals surface area (Å²) in [5, 5.41) is 0.360. The van der Waals surface area contributed by atoms with Crippen molar-refractivity contribution in [3.8, 4) is 5.75 Å². The van der Waals surface area contributed by atoms with E-state index >= 15 is 0 Å². The topological polar surface area (TPSA) is 46.6 Å². The van der Waals surface area contributed by atoms with Crippen LogP contribution in [0.4, 0.5) is 0 Å². The van der Waals surface area contributed by atoms with E-state index in [-0.39, 0.29) is 23.7 Å². The van der Waals surface area contributed by atoms with Crippen molar-refractivity contribution >= 4 is 23.3 Å². The molecule has 0 aromatic heterocycles. The van der Waals surface area contributed by atoms with Crippen LogP contribution < -0.4 is 4.74 Å². The van der Waals surface area contributed by atoms with Gasteiger partial charge >= 0.3 is 0 Å². The summed E-state index contributed by atoms with van der Waals surface area (Å²) in [7, 11) is 0. The molecule has 5 heteroatoms. The third-order valence-electron chi connectivity index (χ3n) is 5.09. The standard InChI is InChI=1S/C22H26ClNO3/c1-12(2)27-19-7-6-16-15(5)10-24(22(26)20(16)21(19)23)11-17-14(4)8-13(3)9-18(17)25/h6-8,12,15H,9-11H2,1-5H3. The van der Waals surface area contributed by atoms with Crippen molar-refractivity contribution in [2.45, 2.75) is 53.1 Å². The molecule has 1 aromatic carbocycles. The first-order valence-corrected chi connectivity index (χ1v) is 9.75. The average molecular weight is 388 g/mol. The molecule has 1 aliphatic heterocycles. The smallest absolute Gasteiger partial charge is 0.256 e. The second-order valence-corrected chi connectivity index (χ2v) is 8.23. The maximum absolute atomic E-state index is 13.2. The molecule has 0 radical (unpaired) electrons. The number of nitrogens with zero attached hydrogens (tertiary/aromatic N) is 1. The molecule has 3 rings (SSSR count). The number of ether oxygens (including phenoxy) is 1. The summed E-state index contributed by atoms with van der Waals surface area (Å²) in [5.74, 6) is 0.624. The summed E-state index contributed by atoms with van der Waals surface area (Å²) in [4.78, 5) is 27.4. The van der Waals surface area contributed by atoms with Crippen molar-refractivity contribution in [3.63, 3.8) is 0 Å². The Morgan fingerprint density at radius 3 is 2.59 bits per heavy atom. The van der Waals surface area contributed by atoms with Crippen LogP contribution >= 0.6 is 11.6 Å². The molecule has 0 fully saturated rings. The Morgan fingerprint density at radius 2 is 1.96 bits per heavy atom. The second kappa shape index (κ2) is 7.51. The fourth-order valence-electron chi connectivity index (χ4n) is 3.84. The molecule has 144 valence electrons. The highest BCUT2D eigenvalue weighted by atomic mass is 35.5. The molecule has 1 amide bonds. The number of allylic oxidation sites excluding steroid dienone is 3. The number of amides is 1. The Morgan fingerprint density at radius 1 is 1.26 bits per heavy atom. The molecule has 2 aliphatic rings. The van der Waals surface area contributed by atoms with Gasteiger partial charge < -0.3 is 9.64 Å². The van der Waals surface area contributed by atoms with Gasteiger partial charge in [0.2, 0.25) is 0 Å². The number of Topliss-reactive ketones (excluding diaryl/α,β-unsaturated/α-hetero) is 1. The number of rotatable bonds is 4. The predicted octanol–water partition coefficient (Wildman–Crippen LogP) is 4.92. The van der Waals surface area contributed by atoms with E-state index in [1.807, 2.05) is 45.9 Å². The quantitative estimate of drug-likeness (QED) is 0.736. The zero-order valence-corrected chi connectivity index (χ0v) is 17.3. The van der Waals surface area contributed by atoms with E-state index in [9.17, 15) is 9.59 Å². The largest absolute Gasteiger partial charge is 0.489 e. The Kier molecular flexibility index (Phi) is 5.48. The van der Waals surface area contributed by atoms with E-state index in [0.717, 1.165) is 22.3 Å². The lowest BCUT2D eigenvalue weighted by molar-refractivity contribution is -0.115. The Bertz CT molecular complexity index is 867. The molecule has 1 aliphatic carbocycles. The van der Waals surface area contributed by atoms with Crippen LogP contribution in [0.25, 0.3) is 0 Å². The molecule has 1 unspecified atom stereocenters. The Labute approximate surface area is 165 Å². The zero-order valence-electron chi connectivity index (χ0n) is 16.6. The van der Waals surface area contributed by atoms with Crippen LogP contribution in [-0.2, 0) is 4.79 Å². The van der Waals surface area contributed by atoms with Gasteiger partial charge in [-0.3, -0.25) is 9.59 Å². The summed E-state index contributed by atoms with van der Waals surface area (Å²) < 4.78 is 5.75. The van der Waals surface area contributed by atoms with E-state index in [1.165, 1.54) is 0 Å². The molecule has 0 bridgehead atoms. The van der Waals surface area contributed by atoms with E-state index in [4.69, 9.17) is 16.3 Å². The van der Waals surface area contributed by atoms with Gasteiger partial charge in [0.05, 0.1) is 16.7 Å². The van der Waals surface area contributed by atoms with Crippen molar-refractivity contribution in [1.29, 1.82) is 0 Å². The highest BCUT2D eigenvalue weighted by Crippen LogP contribution is 2.39. The number of halogens is 1. The molecule has 1 aromatic rings. The Balaban J connectivity index is 1.96. The minimum atomic E-state index is -0.137. The van der Waals surface area contributed by atoms with Gasteiger partial charge in [-0.05, 0) is 50.8 Å². The molecule has 0 saturated carbocycles. The highest BCUT2D eigenvalue weighted by Gasteiger charge is 2.34. The van der Waals surface area contributed by atoms with Crippen LogP contribution in [0.5, 0.6) is 5.75 Å². The number of carbonyl (C=O) groups is 2. The molecule has 4 nitrogen and oxygen atoms in total. The van der Waals surface area contributed by atoms with Gasteiger partial charge in [0.1, 0.15) is 5.75 Å². The lowest BCUT2D eigenvalue weighted by atomic mass is 9.88. The SMILES string of the molecule is CC1=CC(C)=C(CN2CC(C)c3ccc(OC(C)C)c(Cl)c3C2=O)C(=O)C1. The van der Waals surface area contributed by atoms with Crippen LogP contribution in [0.2, 0.25) is 5.02 Å². The predicted molar refractivity (Wildman–Crippen MR) is 108 cm³/mol. The first kappa shape index (κ1) is 19.7. The maximum atomic E-state index is 13.2. The lowest BCUT2D eigenvalue weighted by Gasteiger charge is -2.34. The van der Waals surface area contributed by atoms with Crippen molar-refractivity contribution in [2.24, 2.45) is 0 Å². The van der Waals surface area contributed by atoms with Crippen LogP contribution in [0, 0.1) is 0 Å². The second-order valence-electron chi connectivity index (χ2n) is 7.85. The molecular formula is C22H26ClNO3. The normalized spacial score (nSPS) is 20.2. The minimum absolute atomic E-state index is 0.0320. The highest BCUT2D eigenvalue weighted by molar-refractivity contribution is 6.35. The lowest BCUT2D eigenvalue weighted by Crippen LogP contribution is -2.41. The summed E-state index contributed by atoms with van der Waals surface area (Å²) >= 11 is 6.55. The molecular weight excluding hydrogens is 362 g/mol. The number of carbonyl (C=O) groups excluding carboxylic acids is 2. The third-order valence-corrected chi connectivity index (χ3v) is 5.47. The van der Waals surface area contributed by atoms with Crippen molar-refractivity contribution in [1.82, 2.24) is 4.90 Å². The van der Waals surface area contributed by atoms with Gasteiger partial charge in [-0.2, -0.15) is 0 Å². The van der Waals surface area contributed by atoms with Gasteiger partial charge in [0.15, 0.2) is 5.78 Å². The minimum Gasteiger partial charge on any atom is -0.489 e. The number of hydrogen-bond acceptors (Lipinski definition) is 3. The zero-order chi connectivity index (χ0) is 19.9. The van der Waals surface area contributed by atoms with Gasteiger partial charge in [-0.1, -0.05) is 36.2 Å². The molecule has 0 N–H and O–H groups in total. The fraction of sp³-hybridized carbons (Fsp3) is 0.455. The van der Waals surface area contributed by atoms with Gasteiger partial charge in [-0.15, -0.1) is 0 Å². The van der Waals surface area contributed by atoms with Crippen LogP contribution in [0.3, 0.4) is 0 Å². The first-order valence-electron chi connectivity index (χ1n) is 9.37. The fourth-order valence-corrected chi connectivity index (χ4v) is 4.14. The molecule has 1 heterocycles. The van der Waals surface area contributed by atoms with E-state index < -0.39 is 0 Å². The van der Waals surface area contributed by atoms with Crippen molar-refractivity contribution < 1.29 is 14.3 Å². The van der Waals surface area contributed by atoms with Gasteiger partial charge in [0.25, 0.3) is 5.91 Å².